The highest BCUT2D eigenvalue weighted by atomic mass is 32.2. The highest BCUT2D eigenvalue weighted by Crippen LogP contribution is 2.22. The minimum atomic E-state index is -3.65. The highest BCUT2D eigenvalue weighted by molar-refractivity contribution is 7.89. The fourth-order valence-electron chi connectivity index (χ4n) is 3.70. The van der Waals surface area contributed by atoms with Crippen LogP contribution in [0, 0.1) is 0 Å². The van der Waals surface area contributed by atoms with Gasteiger partial charge >= 0.3 is 0 Å². The van der Waals surface area contributed by atoms with E-state index in [1.165, 1.54) is 22.5 Å². The van der Waals surface area contributed by atoms with E-state index in [1.807, 2.05) is 30.3 Å². The third-order valence-electron chi connectivity index (χ3n) is 5.48. The van der Waals surface area contributed by atoms with E-state index in [9.17, 15) is 18.0 Å². The molecule has 32 heavy (non-hydrogen) atoms. The average molecular weight is 456 g/mol. The molecule has 1 atom stereocenters. The second-order valence-corrected chi connectivity index (χ2v) is 9.74. The van der Waals surface area contributed by atoms with Gasteiger partial charge in [0.05, 0.1) is 4.90 Å². The summed E-state index contributed by atoms with van der Waals surface area (Å²) in [7, 11) is -3.65. The van der Waals surface area contributed by atoms with Crippen molar-refractivity contribution in [1.82, 2.24) is 9.62 Å². The summed E-state index contributed by atoms with van der Waals surface area (Å²) in [5.74, 6) is -0.364. The number of hydrogen-bond acceptors (Lipinski definition) is 4. The minimum Gasteiger partial charge on any atom is -0.350 e. The lowest BCUT2D eigenvalue weighted by Gasteiger charge is -2.20. The number of nitrogens with zero attached hydrogens (tertiary/aromatic N) is 1. The van der Waals surface area contributed by atoms with Crippen LogP contribution in [0.25, 0.3) is 0 Å². The van der Waals surface area contributed by atoms with E-state index in [0.29, 0.717) is 44.5 Å². The van der Waals surface area contributed by atoms with Gasteiger partial charge in [-0.25, -0.2) is 8.42 Å². The molecule has 2 amide bonds. The molecule has 2 N–H and O–H groups in total. The largest absolute Gasteiger partial charge is 0.350 e. The second kappa shape index (κ2) is 11.1. The Morgan fingerprint density at radius 1 is 1.03 bits per heavy atom. The summed E-state index contributed by atoms with van der Waals surface area (Å²) in [4.78, 5) is 23.9. The molecule has 0 radical (unpaired) electrons. The molecular formula is C24H29N3O4S. The van der Waals surface area contributed by atoms with Gasteiger partial charge in [-0.05, 0) is 61.6 Å². The van der Waals surface area contributed by atoms with Crippen LogP contribution in [0.15, 0.2) is 72.1 Å². The smallest absolute Gasteiger partial charge is 0.243 e. The molecule has 7 nitrogen and oxygen atoms in total. The normalized spacial score (nSPS) is 17.2. The molecule has 170 valence electrons. The van der Waals surface area contributed by atoms with Crippen LogP contribution in [0.4, 0.5) is 5.69 Å². The zero-order chi connectivity index (χ0) is 23.0. The maximum Gasteiger partial charge on any atom is 0.243 e. The van der Waals surface area contributed by atoms with Gasteiger partial charge < -0.3 is 10.6 Å². The number of aryl methyl sites for hydroxylation is 1. The molecule has 8 heteroatoms. The third kappa shape index (κ3) is 6.51. The summed E-state index contributed by atoms with van der Waals surface area (Å²) >= 11 is 0. The van der Waals surface area contributed by atoms with Gasteiger partial charge in [0.1, 0.15) is 0 Å². The summed E-state index contributed by atoms with van der Waals surface area (Å²) < 4.78 is 27.6. The van der Waals surface area contributed by atoms with Crippen LogP contribution in [0.3, 0.4) is 0 Å². The zero-order valence-electron chi connectivity index (χ0n) is 18.0. The van der Waals surface area contributed by atoms with Crippen molar-refractivity contribution in [1.29, 1.82) is 0 Å². The number of nitrogens with one attached hydrogen (secondary N) is 2. The first-order valence-electron chi connectivity index (χ1n) is 10.8. The standard InChI is InChI=1S/C24H29N3O4S/c1-2-23(28)25-20-9-6-17-27(18-16-20)32(30,31)22-13-11-21(12-14-22)26-24(29)15-10-19-7-4-3-5-8-19/h2-5,7-8,11-14,20H,1,6,9-10,15-18H2,(H,25,28)(H,26,29). The van der Waals surface area contributed by atoms with Crippen molar-refractivity contribution >= 4 is 27.5 Å². The second-order valence-electron chi connectivity index (χ2n) is 7.80. The van der Waals surface area contributed by atoms with Crippen molar-refractivity contribution in [3.63, 3.8) is 0 Å². The maximum atomic E-state index is 13.1. The average Bonchev–Trinajstić information content (AvgIpc) is 3.05. The van der Waals surface area contributed by atoms with Crippen molar-refractivity contribution in [2.75, 3.05) is 18.4 Å². The summed E-state index contributed by atoms with van der Waals surface area (Å²) in [6.07, 6.45) is 4.15. The Hall–Kier alpha value is -2.97. The van der Waals surface area contributed by atoms with Crippen molar-refractivity contribution in [2.24, 2.45) is 0 Å². The van der Waals surface area contributed by atoms with E-state index in [-0.39, 0.29) is 22.8 Å². The van der Waals surface area contributed by atoms with E-state index in [1.54, 1.807) is 12.1 Å². The Kier molecular flexibility index (Phi) is 8.19. The number of carbonyl (C=O) groups excluding carboxylic acids is 2. The lowest BCUT2D eigenvalue weighted by molar-refractivity contribution is -0.117. The van der Waals surface area contributed by atoms with Gasteiger partial charge in [0.15, 0.2) is 0 Å². The number of rotatable bonds is 8. The number of anilines is 1. The van der Waals surface area contributed by atoms with Gasteiger partial charge in [-0.1, -0.05) is 36.9 Å². The lowest BCUT2D eigenvalue weighted by atomic mass is 10.1. The van der Waals surface area contributed by atoms with Crippen LogP contribution in [-0.4, -0.2) is 43.7 Å². The van der Waals surface area contributed by atoms with Gasteiger partial charge in [-0.3, -0.25) is 9.59 Å². The first kappa shape index (κ1) is 23.7. The number of hydrogen-bond donors (Lipinski definition) is 2. The molecule has 1 saturated heterocycles. The molecule has 2 aromatic rings. The van der Waals surface area contributed by atoms with Gasteiger partial charge in [-0.2, -0.15) is 4.31 Å². The molecule has 3 rings (SSSR count). The quantitative estimate of drug-likeness (QED) is 0.598. The van der Waals surface area contributed by atoms with Gasteiger partial charge in [0.25, 0.3) is 0 Å². The first-order valence-corrected chi connectivity index (χ1v) is 12.2. The molecule has 1 fully saturated rings. The maximum absolute atomic E-state index is 13.1. The third-order valence-corrected chi connectivity index (χ3v) is 7.39. The Labute approximate surface area is 189 Å². The predicted molar refractivity (Wildman–Crippen MR) is 125 cm³/mol. The Bertz CT molecular complexity index is 1040. The molecule has 1 unspecified atom stereocenters. The topological polar surface area (TPSA) is 95.6 Å². The van der Waals surface area contributed by atoms with Crippen LogP contribution >= 0.6 is 0 Å². The molecule has 0 spiro atoms. The highest BCUT2D eigenvalue weighted by Gasteiger charge is 2.28. The molecular weight excluding hydrogens is 426 g/mol. The fourth-order valence-corrected chi connectivity index (χ4v) is 5.19. The predicted octanol–water partition coefficient (Wildman–Crippen LogP) is 3.10. The number of benzene rings is 2. The molecule has 0 aliphatic carbocycles. The first-order chi connectivity index (χ1) is 15.4. The van der Waals surface area contributed by atoms with E-state index in [0.717, 1.165) is 12.0 Å². The monoisotopic (exact) mass is 455 g/mol. The van der Waals surface area contributed by atoms with E-state index in [4.69, 9.17) is 0 Å². The lowest BCUT2D eigenvalue weighted by Crippen LogP contribution is -2.36. The van der Waals surface area contributed by atoms with Crippen molar-refractivity contribution in [2.45, 2.75) is 43.0 Å². The SMILES string of the molecule is C=CC(=O)NC1CCCN(S(=O)(=O)c2ccc(NC(=O)CCc3ccccc3)cc2)CC1. The minimum absolute atomic E-state index is 0.0609. The molecule has 1 heterocycles. The molecule has 1 aliphatic heterocycles. The van der Waals surface area contributed by atoms with Crippen LogP contribution < -0.4 is 10.6 Å². The van der Waals surface area contributed by atoms with Crippen LogP contribution in [0.1, 0.15) is 31.2 Å². The Morgan fingerprint density at radius 3 is 2.44 bits per heavy atom. The molecule has 0 bridgehead atoms. The summed E-state index contributed by atoms with van der Waals surface area (Å²) in [5.41, 5.74) is 1.65. The van der Waals surface area contributed by atoms with Crippen LogP contribution in [0.5, 0.6) is 0 Å². The molecule has 1 aliphatic rings. The fraction of sp³-hybridized carbons (Fsp3) is 0.333. The van der Waals surface area contributed by atoms with Gasteiger partial charge in [0.2, 0.25) is 21.8 Å². The number of carbonyl (C=O) groups is 2. The summed E-state index contributed by atoms with van der Waals surface area (Å²) in [5, 5.41) is 5.66. The van der Waals surface area contributed by atoms with Gasteiger partial charge in [0, 0.05) is 31.2 Å². The van der Waals surface area contributed by atoms with Crippen molar-refractivity contribution in [3.05, 3.63) is 72.8 Å². The van der Waals surface area contributed by atoms with E-state index in [2.05, 4.69) is 17.2 Å². The number of amides is 2. The molecule has 0 aromatic heterocycles. The Balaban J connectivity index is 1.56. The van der Waals surface area contributed by atoms with Crippen LogP contribution in [0.2, 0.25) is 0 Å². The Morgan fingerprint density at radius 2 is 1.75 bits per heavy atom. The molecule has 0 saturated carbocycles. The van der Waals surface area contributed by atoms with Crippen molar-refractivity contribution in [3.8, 4) is 0 Å². The van der Waals surface area contributed by atoms with E-state index >= 15 is 0 Å². The summed E-state index contributed by atoms with van der Waals surface area (Å²) in [6.45, 7) is 4.19. The van der Waals surface area contributed by atoms with E-state index < -0.39 is 10.0 Å². The van der Waals surface area contributed by atoms with Gasteiger partial charge in [-0.15, -0.1) is 0 Å². The van der Waals surface area contributed by atoms with Crippen LogP contribution in [-0.2, 0) is 26.0 Å². The molecule has 2 aromatic carbocycles. The van der Waals surface area contributed by atoms with Crippen molar-refractivity contribution < 1.29 is 18.0 Å². The zero-order valence-corrected chi connectivity index (χ0v) is 18.8. The number of sulfonamides is 1. The summed E-state index contributed by atoms with van der Waals surface area (Å²) in [6, 6.07) is 16.0.